The van der Waals surface area contributed by atoms with Gasteiger partial charge >= 0.3 is 5.97 Å². The van der Waals surface area contributed by atoms with Crippen LogP contribution in [0, 0.1) is 11.8 Å². The molecule has 1 atom stereocenters. The highest BCUT2D eigenvalue weighted by molar-refractivity contribution is 5.88. The van der Waals surface area contributed by atoms with Crippen molar-refractivity contribution in [1.82, 2.24) is 15.2 Å². The van der Waals surface area contributed by atoms with Gasteiger partial charge in [-0.15, -0.1) is 0 Å². The number of ether oxygens (including phenoxy) is 1. The number of carbonyl (C=O) groups excluding carboxylic acids is 3. The van der Waals surface area contributed by atoms with Crippen molar-refractivity contribution in [3.8, 4) is 0 Å². The molecule has 1 aliphatic carbocycles. The summed E-state index contributed by atoms with van der Waals surface area (Å²) in [6, 6.07) is 7.12. The van der Waals surface area contributed by atoms with Gasteiger partial charge in [-0.1, -0.05) is 18.2 Å². The molecule has 2 aliphatic rings. The number of H-pyrrole nitrogens is 1. The number of rotatable bonds is 6. The highest BCUT2D eigenvalue weighted by Crippen LogP contribution is 2.32. The van der Waals surface area contributed by atoms with Crippen molar-refractivity contribution in [2.75, 3.05) is 20.2 Å². The number of carbonyl (C=O) groups is 3. The van der Waals surface area contributed by atoms with E-state index in [0.717, 1.165) is 29.3 Å². The van der Waals surface area contributed by atoms with Crippen LogP contribution in [-0.4, -0.2) is 53.9 Å². The molecule has 1 saturated heterocycles. The highest BCUT2D eigenvalue weighted by atomic mass is 16.5. The third-order valence-electron chi connectivity index (χ3n) is 6.01. The number of nitrogens with zero attached hydrogens (tertiary/aromatic N) is 1. The SMILES string of the molecule is COC(=O)[C@@H](Cc1c[nH]c2ccccc12)NC(=O)C1CCN(C(=O)C2CC2)CC1. The van der Waals surface area contributed by atoms with Crippen LogP contribution in [0.3, 0.4) is 0 Å². The van der Waals surface area contributed by atoms with Gasteiger partial charge in [0.25, 0.3) is 0 Å². The van der Waals surface area contributed by atoms with Crippen LogP contribution in [0.15, 0.2) is 30.5 Å². The second-order valence-corrected chi connectivity index (χ2v) is 8.02. The molecular weight excluding hydrogens is 370 g/mol. The number of para-hydroxylation sites is 1. The number of aromatic amines is 1. The fourth-order valence-corrected chi connectivity index (χ4v) is 4.10. The topological polar surface area (TPSA) is 91.5 Å². The van der Waals surface area contributed by atoms with Gasteiger partial charge in [-0.2, -0.15) is 0 Å². The number of methoxy groups -OCH3 is 1. The van der Waals surface area contributed by atoms with E-state index in [-0.39, 0.29) is 23.7 Å². The van der Waals surface area contributed by atoms with E-state index in [4.69, 9.17) is 4.74 Å². The Bertz CT molecular complexity index is 910. The predicted octanol–water partition coefficient (Wildman–Crippen LogP) is 2.02. The molecule has 2 amide bonds. The van der Waals surface area contributed by atoms with Crippen LogP contribution in [0.5, 0.6) is 0 Å². The second kappa shape index (κ2) is 8.27. The molecule has 2 heterocycles. The molecule has 0 spiro atoms. The average Bonchev–Trinajstić information content (AvgIpc) is 3.53. The summed E-state index contributed by atoms with van der Waals surface area (Å²) in [7, 11) is 1.33. The number of fused-ring (bicyclic) bond motifs is 1. The molecule has 1 aromatic heterocycles. The monoisotopic (exact) mass is 397 g/mol. The molecule has 2 aromatic rings. The number of aromatic nitrogens is 1. The number of esters is 1. The number of amides is 2. The Labute approximate surface area is 169 Å². The summed E-state index contributed by atoms with van der Waals surface area (Å²) >= 11 is 0. The average molecular weight is 397 g/mol. The van der Waals surface area contributed by atoms with Crippen molar-refractivity contribution in [2.45, 2.75) is 38.1 Å². The van der Waals surface area contributed by atoms with Gasteiger partial charge in [0.15, 0.2) is 0 Å². The predicted molar refractivity (Wildman–Crippen MR) is 108 cm³/mol. The van der Waals surface area contributed by atoms with Gasteiger partial charge in [-0.25, -0.2) is 4.79 Å². The number of piperidine rings is 1. The summed E-state index contributed by atoms with van der Waals surface area (Å²) in [6.45, 7) is 1.22. The first-order valence-electron chi connectivity index (χ1n) is 10.3. The first-order valence-corrected chi connectivity index (χ1v) is 10.3. The van der Waals surface area contributed by atoms with Gasteiger partial charge in [-0.05, 0) is 37.3 Å². The fourth-order valence-electron chi connectivity index (χ4n) is 4.10. The minimum atomic E-state index is -0.738. The van der Waals surface area contributed by atoms with Crippen LogP contribution in [0.25, 0.3) is 10.9 Å². The van der Waals surface area contributed by atoms with E-state index in [9.17, 15) is 14.4 Å². The molecule has 1 aromatic carbocycles. The van der Waals surface area contributed by atoms with E-state index >= 15 is 0 Å². The summed E-state index contributed by atoms with van der Waals surface area (Å²) in [5.41, 5.74) is 1.95. The van der Waals surface area contributed by atoms with Crippen LogP contribution in [-0.2, 0) is 25.5 Å². The molecule has 2 fully saturated rings. The maximum atomic E-state index is 12.8. The van der Waals surface area contributed by atoms with Crippen LogP contribution in [0.4, 0.5) is 0 Å². The lowest BCUT2D eigenvalue weighted by Gasteiger charge is -2.32. The van der Waals surface area contributed by atoms with Crippen molar-refractivity contribution < 1.29 is 19.1 Å². The van der Waals surface area contributed by atoms with Crippen molar-refractivity contribution in [2.24, 2.45) is 11.8 Å². The van der Waals surface area contributed by atoms with E-state index in [1.54, 1.807) is 0 Å². The number of hydrogen-bond donors (Lipinski definition) is 2. The Kier molecular flexibility index (Phi) is 5.56. The zero-order chi connectivity index (χ0) is 20.4. The summed E-state index contributed by atoms with van der Waals surface area (Å²) in [5.74, 6) is -0.340. The molecule has 7 heteroatoms. The van der Waals surface area contributed by atoms with E-state index < -0.39 is 12.0 Å². The maximum Gasteiger partial charge on any atom is 0.328 e. The molecule has 1 aliphatic heterocycles. The van der Waals surface area contributed by atoms with E-state index in [2.05, 4.69) is 10.3 Å². The lowest BCUT2D eigenvalue weighted by molar-refractivity contribution is -0.146. The Hall–Kier alpha value is -2.83. The molecule has 1 saturated carbocycles. The summed E-state index contributed by atoms with van der Waals surface area (Å²) < 4.78 is 4.93. The smallest absolute Gasteiger partial charge is 0.328 e. The zero-order valence-electron chi connectivity index (χ0n) is 16.6. The van der Waals surface area contributed by atoms with E-state index in [1.807, 2.05) is 35.4 Å². The van der Waals surface area contributed by atoms with Gasteiger partial charge in [0.05, 0.1) is 7.11 Å². The van der Waals surface area contributed by atoms with Crippen LogP contribution in [0.1, 0.15) is 31.2 Å². The van der Waals surface area contributed by atoms with Crippen LogP contribution < -0.4 is 5.32 Å². The largest absolute Gasteiger partial charge is 0.467 e. The third-order valence-corrected chi connectivity index (χ3v) is 6.01. The van der Waals surface area contributed by atoms with Gasteiger partial charge in [0.1, 0.15) is 6.04 Å². The normalized spacial score (nSPS) is 18.4. The van der Waals surface area contributed by atoms with Gasteiger partial charge < -0.3 is 19.9 Å². The van der Waals surface area contributed by atoms with Crippen LogP contribution >= 0.6 is 0 Å². The summed E-state index contributed by atoms with van der Waals surface area (Å²) in [5, 5.41) is 3.92. The number of benzene rings is 1. The fraction of sp³-hybridized carbons (Fsp3) is 0.500. The number of hydrogen-bond acceptors (Lipinski definition) is 4. The Morgan fingerprint density at radius 1 is 1.14 bits per heavy atom. The Morgan fingerprint density at radius 3 is 2.55 bits per heavy atom. The maximum absolute atomic E-state index is 12.8. The Balaban J connectivity index is 1.38. The molecule has 0 radical (unpaired) electrons. The minimum absolute atomic E-state index is 0.140. The molecule has 154 valence electrons. The molecule has 0 bridgehead atoms. The number of nitrogens with one attached hydrogen (secondary N) is 2. The van der Waals surface area contributed by atoms with Gasteiger partial charge in [0, 0.05) is 48.4 Å². The molecule has 2 N–H and O–H groups in total. The van der Waals surface area contributed by atoms with Crippen molar-refractivity contribution in [1.29, 1.82) is 0 Å². The molecule has 0 unspecified atom stereocenters. The summed E-state index contributed by atoms with van der Waals surface area (Å²) in [4.78, 5) is 42.4. The van der Waals surface area contributed by atoms with Crippen LogP contribution in [0.2, 0.25) is 0 Å². The van der Waals surface area contributed by atoms with Crippen molar-refractivity contribution >= 4 is 28.7 Å². The lowest BCUT2D eigenvalue weighted by atomic mass is 9.94. The van der Waals surface area contributed by atoms with Gasteiger partial charge in [0.2, 0.25) is 11.8 Å². The molecule has 4 rings (SSSR count). The Morgan fingerprint density at radius 2 is 1.86 bits per heavy atom. The zero-order valence-corrected chi connectivity index (χ0v) is 16.6. The van der Waals surface area contributed by atoms with E-state index in [1.165, 1.54) is 7.11 Å². The minimum Gasteiger partial charge on any atom is -0.467 e. The van der Waals surface area contributed by atoms with E-state index in [0.29, 0.717) is 32.4 Å². The molecule has 29 heavy (non-hydrogen) atoms. The molecule has 7 nitrogen and oxygen atoms in total. The highest BCUT2D eigenvalue weighted by Gasteiger charge is 2.36. The first-order chi connectivity index (χ1) is 14.1. The lowest BCUT2D eigenvalue weighted by Crippen LogP contribution is -2.48. The molecular formula is C22H27N3O4. The summed E-state index contributed by atoms with van der Waals surface area (Å²) in [6.07, 6.45) is 5.48. The first kappa shape index (κ1) is 19.5. The van der Waals surface area contributed by atoms with Crippen molar-refractivity contribution in [3.05, 3.63) is 36.0 Å². The van der Waals surface area contributed by atoms with Gasteiger partial charge in [-0.3, -0.25) is 9.59 Å². The van der Waals surface area contributed by atoms with Crippen molar-refractivity contribution in [3.63, 3.8) is 0 Å². The quantitative estimate of drug-likeness (QED) is 0.730. The second-order valence-electron chi connectivity index (χ2n) is 8.02. The standard InChI is InChI=1S/C22H27N3O4/c1-29-22(28)19(12-16-13-23-18-5-3-2-4-17(16)18)24-20(26)14-8-10-25(11-9-14)21(27)15-6-7-15/h2-5,13-15,19,23H,6-12H2,1H3,(H,24,26)/t19-/m1/s1. The number of likely N-dealkylation sites (tertiary alicyclic amines) is 1. The third kappa shape index (κ3) is 4.28.